The lowest BCUT2D eigenvalue weighted by molar-refractivity contribution is 1.18. The Morgan fingerprint density at radius 1 is 0.434 bits per heavy atom. The van der Waals surface area contributed by atoms with Crippen LogP contribution in [0, 0.1) is 11.3 Å². The molecule has 0 aliphatic heterocycles. The van der Waals surface area contributed by atoms with Crippen LogP contribution in [0.5, 0.6) is 0 Å². The van der Waals surface area contributed by atoms with Crippen LogP contribution in [0.4, 0.5) is 0 Å². The van der Waals surface area contributed by atoms with Gasteiger partial charge in [-0.15, -0.1) is 0 Å². The number of rotatable bonds is 4. The Morgan fingerprint density at radius 2 is 1.00 bits per heavy atom. The molecule has 53 heavy (non-hydrogen) atoms. The third-order valence-electron chi connectivity index (χ3n) is 11.0. The maximum Gasteiger partial charge on any atom is 0.0992 e. The van der Waals surface area contributed by atoms with Crippen molar-refractivity contribution in [3.63, 3.8) is 0 Å². The van der Waals surface area contributed by atoms with Crippen LogP contribution in [0.2, 0.25) is 0 Å². The summed E-state index contributed by atoms with van der Waals surface area (Å²) < 4.78 is 2.29. The van der Waals surface area contributed by atoms with E-state index in [0.29, 0.717) is 5.56 Å². The number of hydrogen-bond acceptors (Lipinski definition) is 2. The zero-order valence-electron chi connectivity index (χ0n) is 28.6. The fraction of sp³-hybridized carbons (Fsp3) is 0. The molecule has 11 aromatic rings. The van der Waals surface area contributed by atoms with Crippen LogP contribution in [0.15, 0.2) is 176 Å². The first-order chi connectivity index (χ1) is 26.2. The highest BCUT2D eigenvalue weighted by Crippen LogP contribution is 2.44. The van der Waals surface area contributed by atoms with Crippen molar-refractivity contribution in [3.05, 3.63) is 182 Å². The van der Waals surface area contributed by atoms with Gasteiger partial charge in [0.25, 0.3) is 0 Å². The van der Waals surface area contributed by atoms with Gasteiger partial charge in [0.15, 0.2) is 0 Å². The monoisotopic (exact) mass is 671 g/mol. The normalized spacial score (nSPS) is 11.8. The quantitative estimate of drug-likeness (QED) is 0.175. The number of para-hydroxylation sites is 1. The van der Waals surface area contributed by atoms with Crippen molar-refractivity contribution in [1.82, 2.24) is 9.55 Å². The number of hydrogen-bond donors (Lipinski definition) is 0. The third kappa shape index (κ3) is 4.43. The van der Waals surface area contributed by atoms with E-state index < -0.39 is 0 Å². The summed E-state index contributed by atoms with van der Waals surface area (Å²) >= 11 is 0. The molecule has 3 nitrogen and oxygen atoms in total. The molecule has 3 heteroatoms. The third-order valence-corrected chi connectivity index (χ3v) is 11.0. The molecule has 0 saturated carbocycles. The lowest BCUT2D eigenvalue weighted by Gasteiger charge is -2.16. The molecule has 0 saturated heterocycles. The smallest absolute Gasteiger partial charge is 0.0992 e. The Morgan fingerprint density at radius 3 is 1.62 bits per heavy atom. The summed E-state index contributed by atoms with van der Waals surface area (Å²) in [5, 5.41) is 21.9. The fourth-order valence-electron chi connectivity index (χ4n) is 8.61. The van der Waals surface area contributed by atoms with E-state index in [-0.39, 0.29) is 0 Å². The van der Waals surface area contributed by atoms with Crippen LogP contribution >= 0.6 is 0 Å². The lowest BCUT2D eigenvalue weighted by Crippen LogP contribution is -1.94. The highest BCUT2D eigenvalue weighted by atomic mass is 15.0. The highest BCUT2D eigenvalue weighted by molar-refractivity contribution is 6.26. The molecule has 0 amide bonds. The van der Waals surface area contributed by atoms with Gasteiger partial charge in [0.1, 0.15) is 0 Å². The minimum absolute atomic E-state index is 0.656. The van der Waals surface area contributed by atoms with Gasteiger partial charge in [-0.3, -0.25) is 4.98 Å². The molecule has 11 rings (SSSR count). The van der Waals surface area contributed by atoms with E-state index in [4.69, 9.17) is 4.98 Å². The van der Waals surface area contributed by atoms with Gasteiger partial charge in [0.05, 0.1) is 28.4 Å². The number of nitriles is 1. The number of benzene rings is 9. The average Bonchev–Trinajstić information content (AvgIpc) is 3.57. The molecule has 0 fully saturated rings. The van der Waals surface area contributed by atoms with E-state index in [1.54, 1.807) is 0 Å². The molecular weight excluding hydrogens is 643 g/mol. The highest BCUT2D eigenvalue weighted by Gasteiger charge is 2.20. The van der Waals surface area contributed by atoms with E-state index in [0.717, 1.165) is 44.3 Å². The molecule has 0 spiro atoms. The van der Waals surface area contributed by atoms with Crippen molar-refractivity contribution in [2.75, 3.05) is 0 Å². The van der Waals surface area contributed by atoms with E-state index in [9.17, 15) is 5.26 Å². The van der Waals surface area contributed by atoms with Crippen LogP contribution in [0.1, 0.15) is 5.56 Å². The standard InChI is InChI=1S/C50H29N3/c51-29-31-23-33-19-20-34-25-36(26-48-50(34)49(33)47(24-31)53(48)37-13-5-2-6-14-37)46-22-21-35(30-52-46)43-28-45-40-17-9-7-15-38(40)42(32-11-3-1-4-12-32)27-44(45)41-18-10-8-16-39(41)43/h1-28,30H. The van der Waals surface area contributed by atoms with Crippen molar-refractivity contribution in [2.24, 2.45) is 0 Å². The second kappa shape index (κ2) is 11.4. The summed E-state index contributed by atoms with van der Waals surface area (Å²) in [6.45, 7) is 0. The lowest BCUT2D eigenvalue weighted by atomic mass is 9.88. The first-order valence-electron chi connectivity index (χ1n) is 17.9. The van der Waals surface area contributed by atoms with Gasteiger partial charge in [-0.1, -0.05) is 115 Å². The van der Waals surface area contributed by atoms with Crippen LogP contribution in [0.3, 0.4) is 0 Å². The molecule has 0 unspecified atom stereocenters. The van der Waals surface area contributed by atoms with Gasteiger partial charge in [0.2, 0.25) is 0 Å². The van der Waals surface area contributed by atoms with E-state index in [1.165, 1.54) is 59.8 Å². The van der Waals surface area contributed by atoms with Gasteiger partial charge in [-0.2, -0.15) is 5.26 Å². The summed E-state index contributed by atoms with van der Waals surface area (Å²) in [6, 6.07) is 62.9. The minimum atomic E-state index is 0.656. The molecule has 0 N–H and O–H groups in total. The van der Waals surface area contributed by atoms with Crippen molar-refractivity contribution in [2.45, 2.75) is 0 Å². The first-order valence-corrected chi connectivity index (χ1v) is 17.9. The van der Waals surface area contributed by atoms with Gasteiger partial charge >= 0.3 is 0 Å². The van der Waals surface area contributed by atoms with Crippen molar-refractivity contribution in [1.29, 1.82) is 5.26 Å². The molecule has 0 bridgehead atoms. The second-order valence-corrected chi connectivity index (χ2v) is 13.9. The van der Waals surface area contributed by atoms with Gasteiger partial charge < -0.3 is 4.57 Å². The summed E-state index contributed by atoms with van der Waals surface area (Å²) in [7, 11) is 0. The Bertz CT molecular complexity index is 3260. The Labute approximate surface area is 305 Å². The van der Waals surface area contributed by atoms with Gasteiger partial charge in [0, 0.05) is 33.8 Å². The minimum Gasteiger partial charge on any atom is -0.309 e. The zero-order chi connectivity index (χ0) is 35.0. The Balaban J connectivity index is 1.10. The summed E-state index contributed by atoms with van der Waals surface area (Å²) in [5.74, 6) is 0. The number of aromatic nitrogens is 2. The molecule has 244 valence electrons. The number of fused-ring (bicyclic) bond motifs is 5. The Kier molecular flexibility index (Phi) is 6.32. The van der Waals surface area contributed by atoms with Crippen LogP contribution in [-0.4, -0.2) is 9.55 Å². The molecule has 0 atom stereocenters. The van der Waals surface area contributed by atoms with E-state index in [1.807, 2.05) is 24.4 Å². The molecule has 9 aromatic carbocycles. The SMILES string of the molecule is N#Cc1cc2ccc3cc(-c4ccc(-c5cc6c7ccccc7c(-c7ccccc7)cc6c6ccccc56)cn4)cc4c3c2c(c1)n4-c1ccccc1. The summed E-state index contributed by atoms with van der Waals surface area (Å²) in [4.78, 5) is 5.13. The molecule has 0 radical (unpaired) electrons. The molecule has 0 aliphatic carbocycles. The molecule has 0 aliphatic rings. The maximum absolute atomic E-state index is 9.89. The van der Waals surface area contributed by atoms with Crippen LogP contribution in [0.25, 0.3) is 104 Å². The summed E-state index contributed by atoms with van der Waals surface area (Å²) in [5.41, 5.74) is 10.5. The Hall–Kier alpha value is -7.28. The first kappa shape index (κ1) is 29.5. The van der Waals surface area contributed by atoms with Crippen LogP contribution < -0.4 is 0 Å². The average molecular weight is 672 g/mol. The largest absolute Gasteiger partial charge is 0.309 e. The number of pyridine rings is 1. The predicted molar refractivity (Wildman–Crippen MR) is 221 cm³/mol. The second-order valence-electron chi connectivity index (χ2n) is 13.9. The molecular formula is C50H29N3. The van der Waals surface area contributed by atoms with Gasteiger partial charge in [-0.25, -0.2) is 0 Å². The van der Waals surface area contributed by atoms with Gasteiger partial charge in [-0.05, 0) is 114 Å². The van der Waals surface area contributed by atoms with Crippen LogP contribution in [-0.2, 0) is 0 Å². The van der Waals surface area contributed by atoms with Crippen molar-refractivity contribution < 1.29 is 0 Å². The van der Waals surface area contributed by atoms with Crippen molar-refractivity contribution >= 4 is 64.9 Å². The molecule has 2 aromatic heterocycles. The number of nitrogens with zero attached hydrogens (tertiary/aromatic N) is 3. The predicted octanol–water partition coefficient (Wildman–Crippen LogP) is 13.1. The molecule has 2 heterocycles. The topological polar surface area (TPSA) is 41.6 Å². The van der Waals surface area contributed by atoms with E-state index in [2.05, 4.69) is 162 Å². The van der Waals surface area contributed by atoms with Crippen molar-refractivity contribution in [3.8, 4) is 45.3 Å². The zero-order valence-corrected chi connectivity index (χ0v) is 28.6. The van der Waals surface area contributed by atoms with E-state index >= 15 is 0 Å². The summed E-state index contributed by atoms with van der Waals surface area (Å²) in [6.07, 6.45) is 2.03. The maximum atomic E-state index is 9.89. The fourth-order valence-corrected chi connectivity index (χ4v) is 8.61.